The molecule has 1 nitrogen and oxygen atoms in total. The molecule has 0 radical (unpaired) electrons. The van der Waals surface area contributed by atoms with Crippen LogP contribution in [0.15, 0.2) is 30.3 Å². The van der Waals surface area contributed by atoms with E-state index in [1.807, 2.05) is 6.07 Å². The molecule has 0 saturated carbocycles. The minimum atomic E-state index is -0.0943. The number of hydrogen-bond donors (Lipinski definition) is 0. The molecule has 76 valence electrons. The minimum absolute atomic E-state index is 0.0943. The fourth-order valence-electron chi connectivity index (χ4n) is 2.02. The molecule has 1 saturated heterocycles. The zero-order valence-corrected chi connectivity index (χ0v) is 8.96. The van der Waals surface area contributed by atoms with Gasteiger partial charge >= 0.3 is 0 Å². The molecule has 1 atom stereocenters. The van der Waals surface area contributed by atoms with Crippen LogP contribution in [0.3, 0.4) is 0 Å². The van der Waals surface area contributed by atoms with E-state index in [0.29, 0.717) is 5.88 Å². The Bertz CT molecular complexity index is 278. The summed E-state index contributed by atoms with van der Waals surface area (Å²) in [5.74, 6) is 0.599. The van der Waals surface area contributed by atoms with Crippen molar-refractivity contribution in [1.29, 1.82) is 0 Å². The smallest absolute Gasteiger partial charge is 0.0858 e. The molecule has 0 N–H and O–H groups in total. The van der Waals surface area contributed by atoms with Crippen molar-refractivity contribution in [2.75, 3.05) is 12.5 Å². The highest BCUT2D eigenvalue weighted by Crippen LogP contribution is 2.30. The first-order valence-electron chi connectivity index (χ1n) is 5.08. The third kappa shape index (κ3) is 2.10. The van der Waals surface area contributed by atoms with Gasteiger partial charge in [-0.25, -0.2) is 0 Å². The molecule has 1 aromatic rings. The van der Waals surface area contributed by atoms with Gasteiger partial charge in [-0.2, -0.15) is 0 Å². The predicted molar refractivity (Wildman–Crippen MR) is 58.8 cm³/mol. The number of hydrogen-bond acceptors (Lipinski definition) is 1. The summed E-state index contributed by atoms with van der Waals surface area (Å²) >= 11 is 5.99. The van der Waals surface area contributed by atoms with Crippen molar-refractivity contribution in [3.05, 3.63) is 35.9 Å². The Morgan fingerprint density at radius 2 is 2.07 bits per heavy atom. The van der Waals surface area contributed by atoms with E-state index in [4.69, 9.17) is 16.3 Å². The zero-order valence-electron chi connectivity index (χ0n) is 8.21. The summed E-state index contributed by atoms with van der Waals surface area (Å²) in [4.78, 5) is 0. The standard InChI is InChI=1S/C12H15ClO/c13-10-12(7-4-8-14-12)9-11-5-2-1-3-6-11/h1-3,5-6H,4,7-10H2. The Labute approximate surface area is 90.0 Å². The first-order valence-corrected chi connectivity index (χ1v) is 5.62. The second-order valence-electron chi connectivity index (χ2n) is 3.93. The van der Waals surface area contributed by atoms with Crippen LogP contribution >= 0.6 is 11.6 Å². The first-order chi connectivity index (χ1) is 6.85. The molecular formula is C12H15ClO. The lowest BCUT2D eigenvalue weighted by atomic mass is 9.93. The Morgan fingerprint density at radius 1 is 1.29 bits per heavy atom. The summed E-state index contributed by atoms with van der Waals surface area (Å²) in [6.45, 7) is 0.861. The number of ether oxygens (including phenoxy) is 1. The molecule has 0 aliphatic carbocycles. The van der Waals surface area contributed by atoms with Crippen molar-refractivity contribution in [1.82, 2.24) is 0 Å². The van der Waals surface area contributed by atoms with Crippen molar-refractivity contribution < 1.29 is 4.74 Å². The summed E-state index contributed by atoms with van der Waals surface area (Å²) in [5, 5.41) is 0. The molecule has 0 bridgehead atoms. The maximum atomic E-state index is 5.99. The van der Waals surface area contributed by atoms with E-state index < -0.39 is 0 Å². The second kappa shape index (κ2) is 4.33. The van der Waals surface area contributed by atoms with Crippen LogP contribution in [0.4, 0.5) is 0 Å². The number of benzene rings is 1. The van der Waals surface area contributed by atoms with Gasteiger partial charge < -0.3 is 4.74 Å². The summed E-state index contributed by atoms with van der Waals surface area (Å²) in [6, 6.07) is 10.4. The van der Waals surface area contributed by atoms with Crippen molar-refractivity contribution in [3.63, 3.8) is 0 Å². The van der Waals surface area contributed by atoms with Gasteiger partial charge in [-0.1, -0.05) is 30.3 Å². The highest BCUT2D eigenvalue weighted by Gasteiger charge is 2.34. The topological polar surface area (TPSA) is 9.23 Å². The molecule has 1 heterocycles. The van der Waals surface area contributed by atoms with E-state index in [0.717, 1.165) is 25.9 Å². The van der Waals surface area contributed by atoms with Gasteiger partial charge in [0.2, 0.25) is 0 Å². The maximum Gasteiger partial charge on any atom is 0.0858 e. The molecule has 1 unspecified atom stereocenters. The van der Waals surface area contributed by atoms with Gasteiger partial charge in [0.25, 0.3) is 0 Å². The highest BCUT2D eigenvalue weighted by molar-refractivity contribution is 6.18. The van der Waals surface area contributed by atoms with Gasteiger partial charge in [-0.15, -0.1) is 11.6 Å². The molecule has 0 amide bonds. The Kier molecular flexibility index (Phi) is 3.09. The van der Waals surface area contributed by atoms with Crippen LogP contribution in [0.25, 0.3) is 0 Å². The lowest BCUT2D eigenvalue weighted by Crippen LogP contribution is -2.32. The molecule has 1 aliphatic heterocycles. The molecular weight excluding hydrogens is 196 g/mol. The summed E-state index contributed by atoms with van der Waals surface area (Å²) in [6.07, 6.45) is 3.17. The maximum absolute atomic E-state index is 5.99. The van der Waals surface area contributed by atoms with Crippen molar-refractivity contribution in [2.24, 2.45) is 0 Å². The summed E-state index contributed by atoms with van der Waals surface area (Å²) in [7, 11) is 0. The van der Waals surface area contributed by atoms with Crippen molar-refractivity contribution >= 4 is 11.6 Å². The average Bonchev–Trinajstić information content (AvgIpc) is 2.69. The van der Waals surface area contributed by atoms with E-state index in [2.05, 4.69) is 24.3 Å². The van der Waals surface area contributed by atoms with Gasteiger partial charge in [-0.3, -0.25) is 0 Å². The average molecular weight is 211 g/mol. The third-order valence-corrected chi connectivity index (χ3v) is 3.28. The predicted octanol–water partition coefficient (Wildman–Crippen LogP) is 3.02. The SMILES string of the molecule is ClCC1(Cc2ccccc2)CCCO1. The number of alkyl halides is 1. The Hall–Kier alpha value is -0.530. The largest absolute Gasteiger partial charge is 0.373 e. The van der Waals surface area contributed by atoms with E-state index >= 15 is 0 Å². The van der Waals surface area contributed by atoms with Crippen LogP contribution in [-0.2, 0) is 11.2 Å². The minimum Gasteiger partial charge on any atom is -0.373 e. The molecule has 0 spiro atoms. The highest BCUT2D eigenvalue weighted by atomic mass is 35.5. The van der Waals surface area contributed by atoms with Gasteiger partial charge in [0.15, 0.2) is 0 Å². The Balaban J connectivity index is 2.08. The van der Waals surface area contributed by atoms with E-state index in [9.17, 15) is 0 Å². The van der Waals surface area contributed by atoms with Crippen LogP contribution in [0.2, 0.25) is 0 Å². The van der Waals surface area contributed by atoms with E-state index in [1.54, 1.807) is 0 Å². The van der Waals surface area contributed by atoms with E-state index in [1.165, 1.54) is 5.56 Å². The number of rotatable bonds is 3. The normalized spacial score (nSPS) is 26.6. The quantitative estimate of drug-likeness (QED) is 0.697. The van der Waals surface area contributed by atoms with Gasteiger partial charge in [-0.05, 0) is 18.4 Å². The fourth-order valence-corrected chi connectivity index (χ4v) is 2.32. The van der Waals surface area contributed by atoms with Crippen molar-refractivity contribution in [3.8, 4) is 0 Å². The molecule has 1 fully saturated rings. The molecule has 2 heteroatoms. The first kappa shape index (κ1) is 10.0. The van der Waals surface area contributed by atoms with E-state index in [-0.39, 0.29) is 5.60 Å². The van der Waals surface area contributed by atoms with Gasteiger partial charge in [0.1, 0.15) is 0 Å². The summed E-state index contributed by atoms with van der Waals surface area (Å²) < 4.78 is 5.76. The van der Waals surface area contributed by atoms with Crippen LogP contribution in [-0.4, -0.2) is 18.1 Å². The molecule has 1 aliphatic rings. The molecule has 2 rings (SSSR count). The fraction of sp³-hybridized carbons (Fsp3) is 0.500. The van der Waals surface area contributed by atoms with Crippen LogP contribution in [0.1, 0.15) is 18.4 Å². The van der Waals surface area contributed by atoms with Crippen molar-refractivity contribution in [2.45, 2.75) is 24.9 Å². The van der Waals surface area contributed by atoms with Gasteiger partial charge in [0.05, 0.1) is 11.5 Å². The monoisotopic (exact) mass is 210 g/mol. The van der Waals surface area contributed by atoms with Crippen LogP contribution < -0.4 is 0 Å². The third-order valence-electron chi connectivity index (χ3n) is 2.80. The Morgan fingerprint density at radius 3 is 2.64 bits per heavy atom. The zero-order chi connectivity index (χ0) is 9.86. The van der Waals surface area contributed by atoms with Crippen LogP contribution in [0.5, 0.6) is 0 Å². The van der Waals surface area contributed by atoms with Gasteiger partial charge in [0, 0.05) is 13.0 Å². The lowest BCUT2D eigenvalue weighted by Gasteiger charge is -2.25. The summed E-state index contributed by atoms with van der Waals surface area (Å²) in [5.41, 5.74) is 1.22. The molecule has 14 heavy (non-hydrogen) atoms. The molecule has 1 aromatic carbocycles. The second-order valence-corrected chi connectivity index (χ2v) is 4.20. The van der Waals surface area contributed by atoms with Crippen LogP contribution in [0, 0.1) is 0 Å². The molecule has 0 aromatic heterocycles. The number of halogens is 1. The lowest BCUT2D eigenvalue weighted by molar-refractivity contribution is 0.0238.